The maximum atomic E-state index is 12.0. The van der Waals surface area contributed by atoms with Crippen molar-refractivity contribution in [3.05, 3.63) is 34.9 Å². The third-order valence-corrected chi connectivity index (χ3v) is 3.31. The van der Waals surface area contributed by atoms with Gasteiger partial charge in [0.1, 0.15) is 0 Å². The van der Waals surface area contributed by atoms with Crippen LogP contribution in [0.1, 0.15) is 34.8 Å². The molecule has 1 heterocycles. The molecule has 102 valence electrons. The molecule has 2 rings (SSSR count). The van der Waals surface area contributed by atoms with E-state index in [9.17, 15) is 9.59 Å². The molecule has 0 radical (unpaired) electrons. The second-order valence-corrected chi connectivity index (χ2v) is 5.04. The third kappa shape index (κ3) is 3.12. The van der Waals surface area contributed by atoms with Crippen molar-refractivity contribution in [2.75, 3.05) is 6.54 Å². The number of fused-ring (bicyclic) bond motifs is 1. The number of carbonyl (C=O) groups is 2. The Bertz CT molecular complexity index is 511. The minimum absolute atomic E-state index is 0.0291. The van der Waals surface area contributed by atoms with Crippen LogP contribution in [-0.4, -0.2) is 34.5 Å². The molecule has 1 aliphatic heterocycles. The molecule has 5 heteroatoms. The van der Waals surface area contributed by atoms with Crippen molar-refractivity contribution in [3.8, 4) is 0 Å². The Morgan fingerprint density at radius 3 is 2.79 bits per heavy atom. The number of carboxylic acids is 1. The molecule has 0 bridgehead atoms. The zero-order valence-corrected chi connectivity index (χ0v) is 10.9. The van der Waals surface area contributed by atoms with Crippen LogP contribution < -0.4 is 5.73 Å². The molecule has 0 fully saturated rings. The van der Waals surface area contributed by atoms with Crippen molar-refractivity contribution in [2.24, 2.45) is 5.73 Å². The fraction of sp³-hybridized carbons (Fsp3) is 0.429. The molecule has 5 nitrogen and oxygen atoms in total. The van der Waals surface area contributed by atoms with Crippen molar-refractivity contribution < 1.29 is 14.7 Å². The molecule has 1 aliphatic rings. The number of carbonyl (C=O) groups excluding carboxylic acids is 1. The van der Waals surface area contributed by atoms with Crippen LogP contribution >= 0.6 is 0 Å². The van der Waals surface area contributed by atoms with E-state index in [1.54, 1.807) is 24.0 Å². The highest BCUT2D eigenvalue weighted by Gasteiger charge is 2.22. The van der Waals surface area contributed by atoms with E-state index in [1.807, 2.05) is 6.07 Å². The van der Waals surface area contributed by atoms with Crippen LogP contribution in [0.3, 0.4) is 0 Å². The Hall–Kier alpha value is -1.88. The number of rotatable bonds is 3. The molecule has 0 aromatic heterocycles. The second kappa shape index (κ2) is 5.40. The lowest BCUT2D eigenvalue weighted by molar-refractivity contribution is -0.132. The number of nitrogens with zero attached hydrogens (tertiary/aromatic N) is 1. The molecule has 1 unspecified atom stereocenters. The molecule has 0 saturated carbocycles. The summed E-state index contributed by atoms with van der Waals surface area (Å²) in [7, 11) is 0. The van der Waals surface area contributed by atoms with Crippen LogP contribution in [-0.2, 0) is 17.8 Å². The fourth-order valence-corrected chi connectivity index (χ4v) is 2.31. The normalized spacial score (nSPS) is 15.8. The molecule has 3 N–H and O–H groups in total. The van der Waals surface area contributed by atoms with Gasteiger partial charge in [-0.15, -0.1) is 0 Å². The molecule has 1 atom stereocenters. The molecule has 0 saturated heterocycles. The van der Waals surface area contributed by atoms with Crippen LogP contribution in [0.25, 0.3) is 0 Å². The van der Waals surface area contributed by atoms with Crippen molar-refractivity contribution in [1.29, 1.82) is 0 Å². The summed E-state index contributed by atoms with van der Waals surface area (Å²) in [6, 6.07) is 4.95. The van der Waals surface area contributed by atoms with Gasteiger partial charge in [0.2, 0.25) is 5.91 Å². The van der Waals surface area contributed by atoms with Gasteiger partial charge in [0, 0.05) is 25.6 Å². The molecule has 0 spiro atoms. The van der Waals surface area contributed by atoms with Crippen molar-refractivity contribution in [3.63, 3.8) is 0 Å². The topological polar surface area (TPSA) is 83.6 Å². The first kappa shape index (κ1) is 13.5. The van der Waals surface area contributed by atoms with E-state index >= 15 is 0 Å². The summed E-state index contributed by atoms with van der Waals surface area (Å²) in [5.41, 5.74) is 7.94. The van der Waals surface area contributed by atoms with E-state index < -0.39 is 5.97 Å². The number of aromatic carboxylic acids is 1. The van der Waals surface area contributed by atoms with Gasteiger partial charge >= 0.3 is 5.97 Å². The van der Waals surface area contributed by atoms with Crippen LogP contribution in [0, 0.1) is 0 Å². The summed E-state index contributed by atoms with van der Waals surface area (Å²) in [6.45, 7) is 2.95. The Labute approximate surface area is 112 Å². The average molecular weight is 262 g/mol. The lowest BCUT2D eigenvalue weighted by atomic mass is 9.97. The zero-order valence-electron chi connectivity index (χ0n) is 10.9. The van der Waals surface area contributed by atoms with E-state index in [0.717, 1.165) is 17.5 Å². The summed E-state index contributed by atoms with van der Waals surface area (Å²) in [5.74, 6) is -0.914. The molecule has 19 heavy (non-hydrogen) atoms. The number of hydrogen-bond donors (Lipinski definition) is 2. The maximum absolute atomic E-state index is 12.0. The maximum Gasteiger partial charge on any atom is 0.335 e. The van der Waals surface area contributed by atoms with E-state index in [-0.39, 0.29) is 17.5 Å². The van der Waals surface area contributed by atoms with Gasteiger partial charge in [-0.1, -0.05) is 6.07 Å². The standard InChI is InChI=1S/C14H18N2O3/c1-9(15)6-13(17)16-5-4-10-2-3-11(14(18)19)7-12(10)8-16/h2-3,7,9H,4-6,8,15H2,1H3,(H,18,19). The van der Waals surface area contributed by atoms with E-state index in [0.29, 0.717) is 19.5 Å². The second-order valence-electron chi connectivity index (χ2n) is 5.04. The zero-order chi connectivity index (χ0) is 14.0. The lowest BCUT2D eigenvalue weighted by Crippen LogP contribution is -2.38. The quantitative estimate of drug-likeness (QED) is 0.851. The molecular weight excluding hydrogens is 244 g/mol. The highest BCUT2D eigenvalue weighted by Crippen LogP contribution is 2.21. The van der Waals surface area contributed by atoms with Crippen molar-refractivity contribution in [1.82, 2.24) is 4.90 Å². The highest BCUT2D eigenvalue weighted by molar-refractivity contribution is 5.88. The van der Waals surface area contributed by atoms with Crippen LogP contribution in [0.5, 0.6) is 0 Å². The van der Waals surface area contributed by atoms with Gasteiger partial charge in [-0.2, -0.15) is 0 Å². The van der Waals surface area contributed by atoms with E-state index in [1.165, 1.54) is 0 Å². The predicted molar refractivity (Wildman–Crippen MR) is 70.8 cm³/mol. The largest absolute Gasteiger partial charge is 0.478 e. The number of amides is 1. The number of nitrogens with two attached hydrogens (primary N) is 1. The van der Waals surface area contributed by atoms with Crippen LogP contribution in [0.4, 0.5) is 0 Å². The average Bonchev–Trinajstić information content (AvgIpc) is 2.36. The van der Waals surface area contributed by atoms with Crippen molar-refractivity contribution >= 4 is 11.9 Å². The van der Waals surface area contributed by atoms with Gasteiger partial charge in [-0.05, 0) is 36.6 Å². The molecule has 1 aromatic rings. The monoisotopic (exact) mass is 262 g/mol. The Morgan fingerprint density at radius 1 is 1.42 bits per heavy atom. The van der Waals surface area contributed by atoms with Gasteiger partial charge in [0.15, 0.2) is 0 Å². The van der Waals surface area contributed by atoms with E-state index in [4.69, 9.17) is 10.8 Å². The number of carboxylic acid groups (broad SMARTS) is 1. The lowest BCUT2D eigenvalue weighted by Gasteiger charge is -2.29. The predicted octanol–water partition coefficient (Wildman–Crippen LogP) is 1.01. The summed E-state index contributed by atoms with van der Waals surface area (Å²) < 4.78 is 0. The molecule has 1 aromatic carbocycles. The summed E-state index contributed by atoms with van der Waals surface area (Å²) >= 11 is 0. The van der Waals surface area contributed by atoms with Gasteiger partial charge in [-0.3, -0.25) is 4.79 Å². The first-order chi connectivity index (χ1) is 8.97. The Kier molecular flexibility index (Phi) is 3.85. The first-order valence-corrected chi connectivity index (χ1v) is 6.36. The molecule has 1 amide bonds. The smallest absolute Gasteiger partial charge is 0.335 e. The molecular formula is C14H18N2O3. The Balaban J connectivity index is 2.16. The van der Waals surface area contributed by atoms with Crippen LogP contribution in [0.2, 0.25) is 0 Å². The van der Waals surface area contributed by atoms with Crippen molar-refractivity contribution in [2.45, 2.75) is 32.4 Å². The van der Waals surface area contributed by atoms with Gasteiger partial charge < -0.3 is 15.7 Å². The van der Waals surface area contributed by atoms with Gasteiger partial charge in [0.25, 0.3) is 0 Å². The third-order valence-electron chi connectivity index (χ3n) is 3.31. The SMILES string of the molecule is CC(N)CC(=O)N1CCc2ccc(C(=O)O)cc2C1. The van der Waals surface area contributed by atoms with Gasteiger partial charge in [-0.25, -0.2) is 4.79 Å². The molecule has 0 aliphatic carbocycles. The summed E-state index contributed by atoms with van der Waals surface area (Å²) in [6.07, 6.45) is 1.09. The fourth-order valence-electron chi connectivity index (χ4n) is 2.31. The first-order valence-electron chi connectivity index (χ1n) is 6.36. The number of benzene rings is 1. The highest BCUT2D eigenvalue weighted by atomic mass is 16.4. The summed E-state index contributed by atoms with van der Waals surface area (Å²) in [5, 5.41) is 8.98. The summed E-state index contributed by atoms with van der Waals surface area (Å²) in [4.78, 5) is 24.7. The van der Waals surface area contributed by atoms with Gasteiger partial charge in [0.05, 0.1) is 5.56 Å². The Morgan fingerprint density at radius 2 is 2.16 bits per heavy atom. The minimum atomic E-state index is -0.943. The van der Waals surface area contributed by atoms with Crippen LogP contribution in [0.15, 0.2) is 18.2 Å². The number of hydrogen-bond acceptors (Lipinski definition) is 3. The minimum Gasteiger partial charge on any atom is -0.478 e. The van der Waals surface area contributed by atoms with E-state index in [2.05, 4.69) is 0 Å².